The van der Waals surface area contributed by atoms with Crippen molar-refractivity contribution in [3.8, 4) is 6.07 Å². The van der Waals surface area contributed by atoms with Gasteiger partial charge in [-0.2, -0.15) is 5.26 Å². The summed E-state index contributed by atoms with van der Waals surface area (Å²) in [6.07, 6.45) is 4.76. The summed E-state index contributed by atoms with van der Waals surface area (Å²) >= 11 is 0. The second kappa shape index (κ2) is 6.03. The molecule has 1 heterocycles. The predicted octanol–water partition coefficient (Wildman–Crippen LogP) is 1.47. The van der Waals surface area contributed by atoms with E-state index in [-0.39, 0.29) is 0 Å². The topological polar surface area (TPSA) is 44.0 Å². The second-order valence-electron chi connectivity index (χ2n) is 4.99. The van der Waals surface area contributed by atoms with Crippen LogP contribution in [-0.4, -0.2) is 35.1 Å². The summed E-state index contributed by atoms with van der Waals surface area (Å²) in [7, 11) is 1.91. The largest absolute Gasteiger partial charge is 0.342 e. The Labute approximate surface area is 109 Å². The Morgan fingerprint density at radius 3 is 2.89 bits per heavy atom. The Balaban J connectivity index is 1.69. The van der Waals surface area contributed by atoms with Gasteiger partial charge in [0.05, 0.1) is 0 Å². The van der Waals surface area contributed by atoms with E-state index < -0.39 is 0 Å². The third-order valence-electron chi connectivity index (χ3n) is 3.55. The van der Waals surface area contributed by atoms with Gasteiger partial charge in [-0.3, -0.25) is 4.90 Å². The number of nitrogens with zero attached hydrogens (tertiary/aromatic N) is 3. The van der Waals surface area contributed by atoms with E-state index in [0.29, 0.717) is 0 Å². The van der Waals surface area contributed by atoms with Gasteiger partial charge in [-0.25, -0.2) is 0 Å². The van der Waals surface area contributed by atoms with E-state index in [2.05, 4.69) is 23.2 Å². The Kier molecular flexibility index (Phi) is 4.40. The molecule has 1 aliphatic rings. The van der Waals surface area contributed by atoms with E-state index >= 15 is 0 Å². The number of rotatable bonds is 7. The summed E-state index contributed by atoms with van der Waals surface area (Å²) in [5.41, 5.74) is 1.91. The van der Waals surface area contributed by atoms with Crippen LogP contribution in [0.3, 0.4) is 0 Å². The van der Waals surface area contributed by atoms with Crippen LogP contribution in [0.25, 0.3) is 0 Å². The third kappa shape index (κ3) is 3.34. The first-order chi connectivity index (χ1) is 8.74. The summed E-state index contributed by atoms with van der Waals surface area (Å²) in [6.45, 7) is 6.36. The van der Waals surface area contributed by atoms with Crippen LogP contribution in [0.2, 0.25) is 0 Å². The van der Waals surface area contributed by atoms with Gasteiger partial charge in [-0.1, -0.05) is 6.92 Å². The lowest BCUT2D eigenvalue weighted by Crippen LogP contribution is -2.33. The molecule has 4 heteroatoms. The zero-order valence-electron chi connectivity index (χ0n) is 11.3. The van der Waals surface area contributed by atoms with Crippen molar-refractivity contribution < 1.29 is 0 Å². The maximum absolute atomic E-state index is 8.88. The number of likely N-dealkylation sites (N-methyl/N-ethyl adjacent to an activating group) is 1. The van der Waals surface area contributed by atoms with Crippen LogP contribution < -0.4 is 5.32 Å². The Bertz CT molecular complexity index is 425. The molecule has 0 unspecified atom stereocenters. The maximum atomic E-state index is 8.88. The van der Waals surface area contributed by atoms with Crippen molar-refractivity contribution in [2.24, 2.45) is 7.05 Å². The average Bonchev–Trinajstić information content (AvgIpc) is 3.13. The van der Waals surface area contributed by atoms with Gasteiger partial charge in [-0.05, 0) is 31.0 Å². The van der Waals surface area contributed by atoms with E-state index in [9.17, 15) is 0 Å². The number of hydrogen-bond acceptors (Lipinski definition) is 3. The lowest BCUT2D eigenvalue weighted by atomic mass is 10.3. The highest BCUT2D eigenvalue weighted by molar-refractivity contribution is 5.28. The van der Waals surface area contributed by atoms with Crippen molar-refractivity contribution >= 4 is 0 Å². The molecule has 1 aliphatic carbocycles. The van der Waals surface area contributed by atoms with Crippen molar-refractivity contribution in [3.63, 3.8) is 0 Å². The van der Waals surface area contributed by atoms with Crippen molar-refractivity contribution in [1.29, 1.82) is 5.26 Å². The summed E-state index contributed by atoms with van der Waals surface area (Å²) in [6, 6.07) is 4.98. The van der Waals surface area contributed by atoms with Gasteiger partial charge in [-0.15, -0.1) is 0 Å². The van der Waals surface area contributed by atoms with Crippen molar-refractivity contribution in [2.45, 2.75) is 32.4 Å². The summed E-state index contributed by atoms with van der Waals surface area (Å²) in [4.78, 5) is 2.54. The van der Waals surface area contributed by atoms with E-state index in [1.54, 1.807) is 0 Å². The van der Waals surface area contributed by atoms with Crippen LogP contribution in [0.5, 0.6) is 0 Å². The number of nitriles is 1. The molecule has 0 radical (unpaired) electrons. The SMILES string of the molecule is CCN(CCNCc1cc(C#N)n(C)c1)C1CC1. The minimum Gasteiger partial charge on any atom is -0.342 e. The van der Waals surface area contributed by atoms with E-state index in [0.717, 1.165) is 37.9 Å². The first kappa shape index (κ1) is 13.1. The smallest absolute Gasteiger partial charge is 0.120 e. The highest BCUT2D eigenvalue weighted by Crippen LogP contribution is 2.25. The number of hydrogen-bond donors (Lipinski definition) is 1. The summed E-state index contributed by atoms with van der Waals surface area (Å²) in [5.74, 6) is 0. The number of nitrogens with one attached hydrogen (secondary N) is 1. The molecule has 0 spiro atoms. The fourth-order valence-electron chi connectivity index (χ4n) is 2.33. The normalized spacial score (nSPS) is 15.0. The van der Waals surface area contributed by atoms with Crippen molar-refractivity contribution in [1.82, 2.24) is 14.8 Å². The highest BCUT2D eigenvalue weighted by atomic mass is 15.2. The van der Waals surface area contributed by atoms with Crippen LogP contribution >= 0.6 is 0 Å². The van der Waals surface area contributed by atoms with Gasteiger partial charge < -0.3 is 9.88 Å². The molecule has 1 aromatic heterocycles. The van der Waals surface area contributed by atoms with Gasteiger partial charge in [0, 0.05) is 38.9 Å². The molecule has 98 valence electrons. The van der Waals surface area contributed by atoms with Gasteiger partial charge in [0.25, 0.3) is 0 Å². The molecule has 4 nitrogen and oxygen atoms in total. The number of aryl methyl sites for hydroxylation is 1. The van der Waals surface area contributed by atoms with Gasteiger partial charge in [0.1, 0.15) is 11.8 Å². The molecular formula is C14H22N4. The molecule has 1 N–H and O–H groups in total. The molecule has 1 aromatic rings. The molecule has 0 saturated heterocycles. The molecule has 1 fully saturated rings. The quantitative estimate of drug-likeness (QED) is 0.741. The second-order valence-corrected chi connectivity index (χ2v) is 4.99. The first-order valence-electron chi connectivity index (χ1n) is 6.74. The molecule has 1 saturated carbocycles. The van der Waals surface area contributed by atoms with Gasteiger partial charge >= 0.3 is 0 Å². The molecule has 18 heavy (non-hydrogen) atoms. The van der Waals surface area contributed by atoms with Crippen LogP contribution in [0.4, 0.5) is 0 Å². The molecular weight excluding hydrogens is 224 g/mol. The lowest BCUT2D eigenvalue weighted by Gasteiger charge is -2.19. The van der Waals surface area contributed by atoms with E-state index in [1.807, 2.05) is 23.9 Å². The van der Waals surface area contributed by atoms with Crippen molar-refractivity contribution in [2.75, 3.05) is 19.6 Å². The van der Waals surface area contributed by atoms with Gasteiger partial charge in [0.2, 0.25) is 0 Å². The van der Waals surface area contributed by atoms with Crippen molar-refractivity contribution in [3.05, 3.63) is 23.5 Å². The summed E-state index contributed by atoms with van der Waals surface area (Å²) < 4.78 is 1.87. The highest BCUT2D eigenvalue weighted by Gasteiger charge is 2.26. The third-order valence-corrected chi connectivity index (χ3v) is 3.55. The van der Waals surface area contributed by atoms with Crippen LogP contribution in [0.1, 0.15) is 31.0 Å². The van der Waals surface area contributed by atoms with E-state index in [4.69, 9.17) is 5.26 Å². The molecule has 2 rings (SSSR count). The zero-order valence-corrected chi connectivity index (χ0v) is 11.3. The summed E-state index contributed by atoms with van der Waals surface area (Å²) in [5, 5.41) is 12.3. The number of aromatic nitrogens is 1. The lowest BCUT2D eigenvalue weighted by molar-refractivity contribution is 0.277. The van der Waals surface area contributed by atoms with Gasteiger partial charge in [0.15, 0.2) is 0 Å². The molecule has 0 bridgehead atoms. The molecule has 0 amide bonds. The standard InChI is InChI=1S/C14H22N4/c1-3-18(13-4-5-13)7-6-16-10-12-8-14(9-15)17(2)11-12/h8,11,13,16H,3-7,10H2,1-2H3. The Hall–Kier alpha value is -1.31. The molecule has 0 atom stereocenters. The predicted molar refractivity (Wildman–Crippen MR) is 72.1 cm³/mol. The first-order valence-corrected chi connectivity index (χ1v) is 6.74. The maximum Gasteiger partial charge on any atom is 0.120 e. The molecule has 0 aliphatic heterocycles. The Morgan fingerprint density at radius 1 is 1.56 bits per heavy atom. The zero-order chi connectivity index (χ0) is 13.0. The molecule has 0 aromatic carbocycles. The minimum atomic E-state index is 0.722. The van der Waals surface area contributed by atoms with E-state index in [1.165, 1.54) is 18.4 Å². The monoisotopic (exact) mass is 246 g/mol. The van der Waals surface area contributed by atoms with Crippen LogP contribution in [-0.2, 0) is 13.6 Å². The van der Waals surface area contributed by atoms with Crippen LogP contribution in [0, 0.1) is 11.3 Å². The van der Waals surface area contributed by atoms with Crippen LogP contribution in [0.15, 0.2) is 12.3 Å². The fraction of sp³-hybridized carbons (Fsp3) is 0.643. The Morgan fingerprint density at radius 2 is 2.33 bits per heavy atom. The fourth-order valence-corrected chi connectivity index (χ4v) is 2.33. The average molecular weight is 246 g/mol. The minimum absolute atomic E-state index is 0.722.